The number of amides is 6. The van der Waals surface area contributed by atoms with Crippen molar-refractivity contribution in [3.8, 4) is 70.3 Å². The molecule has 6 atom stereocenters. The highest BCUT2D eigenvalue weighted by atomic mass is 19.4. The van der Waals surface area contributed by atoms with Crippen molar-refractivity contribution in [3.63, 3.8) is 0 Å². The lowest BCUT2D eigenvalue weighted by Gasteiger charge is -2.37. The van der Waals surface area contributed by atoms with E-state index in [0.717, 1.165) is 34.1 Å². The highest BCUT2D eigenvalue weighted by molar-refractivity contribution is 6.45. The van der Waals surface area contributed by atoms with Crippen molar-refractivity contribution < 1.29 is 93.0 Å². The maximum atomic E-state index is 16.0. The summed E-state index contributed by atoms with van der Waals surface area (Å²) >= 11 is 0. The lowest BCUT2D eigenvalue weighted by atomic mass is 9.80. The molecule has 6 aliphatic heterocycles. The van der Waals surface area contributed by atoms with Gasteiger partial charge in [-0.1, -0.05) is 0 Å². The fourth-order valence-corrected chi connectivity index (χ4v) is 13.0. The van der Waals surface area contributed by atoms with Crippen LogP contribution >= 0.6 is 0 Å². The second kappa shape index (κ2) is 24.6. The Morgan fingerprint density at radius 3 is 0.810 bits per heavy atom. The van der Waals surface area contributed by atoms with Crippen LogP contribution in [0.4, 0.5) is 26.3 Å². The predicted octanol–water partition coefficient (Wildman–Crippen LogP) is 11.5. The van der Waals surface area contributed by atoms with Gasteiger partial charge in [-0.05, 0) is 121 Å². The average molecular weight is 1360 g/mol. The minimum Gasteiger partial charge on any atom is -0.457 e. The molecule has 9 aromatic rings. The maximum absolute atomic E-state index is 16.0. The van der Waals surface area contributed by atoms with Crippen LogP contribution < -0.4 is 18.9 Å². The number of ether oxygens (including phenoxy) is 8. The molecule has 9 aromatic carbocycles. The molecule has 22 nitrogen and oxygen atoms in total. The summed E-state index contributed by atoms with van der Waals surface area (Å²) in [4.78, 5) is 96.7. The van der Waals surface area contributed by atoms with Gasteiger partial charge < -0.3 is 47.7 Å². The Balaban J connectivity index is 1.08. The Morgan fingerprint density at radius 2 is 0.620 bits per heavy atom. The highest BCUT2D eigenvalue weighted by Gasteiger charge is 2.52. The van der Waals surface area contributed by atoms with Gasteiger partial charge in [0.25, 0.3) is 23.6 Å². The number of carbonyl (C=O) groups is 6. The molecule has 0 radical (unpaired) electrons. The number of alkyl halides is 6. The molecule has 6 aliphatic rings. The molecule has 500 valence electrons. The van der Waals surface area contributed by atoms with Gasteiger partial charge >= 0.3 is 12.4 Å². The Kier molecular flexibility index (Phi) is 15.7. The first kappa shape index (κ1) is 64.1. The molecular weight excluding hydrogens is 1310 g/mol. The summed E-state index contributed by atoms with van der Waals surface area (Å²) in [6.07, 6.45) is -16.9. The van der Waals surface area contributed by atoms with E-state index in [0.29, 0.717) is 0 Å². The van der Waals surface area contributed by atoms with Crippen LogP contribution in [-0.4, -0.2) is 157 Å². The quantitative estimate of drug-likeness (QED) is 0.0200. The minimum absolute atomic E-state index is 0.0695. The Bertz CT molecular complexity index is 4550. The summed E-state index contributed by atoms with van der Waals surface area (Å²) in [6.45, 7) is -0.279. The van der Waals surface area contributed by atoms with E-state index >= 15 is 55.1 Å². The lowest BCUT2D eigenvalue weighted by molar-refractivity contribution is -0.159. The third-order valence-corrected chi connectivity index (χ3v) is 17.8. The summed E-state index contributed by atoms with van der Waals surface area (Å²) in [5.74, 6) is -10.1. The van der Waals surface area contributed by atoms with Crippen molar-refractivity contribution in [1.82, 2.24) is 19.6 Å². The molecule has 0 N–H and O–H groups in total. The van der Waals surface area contributed by atoms with E-state index in [1.54, 1.807) is 0 Å². The molecule has 6 amide bonds. The van der Waals surface area contributed by atoms with Crippen LogP contribution in [0.15, 0.2) is 121 Å². The molecule has 0 bridgehead atoms. The van der Waals surface area contributed by atoms with Crippen molar-refractivity contribution in [3.05, 3.63) is 166 Å². The van der Waals surface area contributed by atoms with Crippen LogP contribution in [-0.2, 0) is 28.5 Å². The van der Waals surface area contributed by atoms with Crippen LogP contribution in [0.1, 0.15) is 76.5 Å². The topological polar surface area (TPSA) is 298 Å². The van der Waals surface area contributed by atoms with Gasteiger partial charge in [0, 0.05) is 69.3 Å². The third kappa shape index (κ3) is 12.2. The van der Waals surface area contributed by atoms with Gasteiger partial charge in [-0.3, -0.25) is 38.6 Å². The molecule has 6 unspecified atom stereocenters. The van der Waals surface area contributed by atoms with Gasteiger partial charge in [-0.15, -0.1) is 0 Å². The second-order valence-electron chi connectivity index (χ2n) is 24.6. The monoisotopic (exact) mass is 1360 g/mol. The van der Waals surface area contributed by atoms with Gasteiger partial charge in [-0.2, -0.15) is 47.4 Å². The normalized spacial score (nSPS) is 18.6. The number of epoxide rings is 4. The van der Waals surface area contributed by atoms with E-state index in [-0.39, 0.29) is 151 Å². The first-order chi connectivity index (χ1) is 48.0. The van der Waals surface area contributed by atoms with Gasteiger partial charge in [0.15, 0.2) is 0 Å². The SMILES string of the molecule is N#Cc1ccc(Oc2cc3c4c(cc(Oc5ccc(C#N)cc5)c5c6c(Oc7ccc(C#N)cc7)cc7c8c(cc(Oc9ccc(C#N)cc9)c(c2c45)c86)C(=O)N(C(CC(F)(F)F)C(=O)N(CC2CO2)CC2CO2)C7=O)C(=O)N(C(CC(F)(F)F)C(=O)N(CC2CO2)CC2CO2)C3=O)cc1. The van der Waals surface area contributed by atoms with Crippen molar-refractivity contribution in [2.24, 2.45) is 0 Å². The minimum atomic E-state index is -5.22. The standard InChI is InChI=1S/C72H46F6N8O14/c73-71(74,75)21-51(69(91)83(27-43-31-93-43)28-44-32-94-44)85-65(87)47-17-53(97-39-9-1-35(23-79)2-10-39)59-60-54(98-40-11-3-36(24-80)4-12-40)18-49-58-50(68(90)86(67(49)89)52(22-72(76,77)78)70(92)84(29-45-33-95-45)30-46-34-96-46)20-56(100-42-15-7-38(26-82)8-16-42)62(64(58)60)61-55(19-48(66(85)88)57(47)63(59)61)99-41-13-5-37(25-81)6-14-41/h1-20,43-46,51-52H,21-22,27-34H2. The Labute approximate surface area is 560 Å². The summed E-state index contributed by atoms with van der Waals surface area (Å²) in [6, 6.07) is 29.1. The van der Waals surface area contributed by atoms with E-state index in [4.69, 9.17) is 37.9 Å². The Hall–Kier alpha value is -11.9. The molecule has 0 spiro atoms. The number of nitriles is 4. The van der Waals surface area contributed by atoms with E-state index in [2.05, 4.69) is 0 Å². The summed E-state index contributed by atoms with van der Waals surface area (Å²) in [5, 5.41) is 37.9. The number of imide groups is 2. The number of fused-ring (bicyclic) bond motifs is 2. The highest BCUT2D eigenvalue weighted by Crippen LogP contribution is 2.58. The summed E-state index contributed by atoms with van der Waals surface area (Å²) in [7, 11) is 0. The van der Waals surface area contributed by atoms with E-state index in [9.17, 15) is 21.0 Å². The maximum Gasteiger partial charge on any atom is 0.391 e. The number of halogens is 6. The van der Waals surface area contributed by atoms with Crippen LogP contribution in [0.3, 0.4) is 0 Å². The van der Waals surface area contributed by atoms with E-state index in [1.165, 1.54) is 97.1 Å². The molecule has 4 fully saturated rings. The second-order valence-corrected chi connectivity index (χ2v) is 24.6. The number of carbonyl (C=O) groups excluding carboxylic acids is 6. The Morgan fingerprint density at radius 1 is 0.400 bits per heavy atom. The number of hydrogen-bond donors (Lipinski definition) is 0. The molecule has 0 aliphatic carbocycles. The molecule has 4 saturated heterocycles. The molecule has 28 heteroatoms. The summed E-state index contributed by atoms with van der Waals surface area (Å²) in [5.41, 5.74) is -1.59. The number of nitrogens with zero attached hydrogens (tertiary/aromatic N) is 8. The number of hydrogen-bond acceptors (Lipinski definition) is 18. The van der Waals surface area contributed by atoms with Crippen LogP contribution in [0.2, 0.25) is 0 Å². The van der Waals surface area contributed by atoms with Crippen molar-refractivity contribution in [2.75, 3.05) is 52.6 Å². The predicted molar refractivity (Wildman–Crippen MR) is 335 cm³/mol. The van der Waals surface area contributed by atoms with E-state index < -0.39 is 142 Å². The zero-order valence-corrected chi connectivity index (χ0v) is 51.6. The molecular formula is C72H46F6N8O14. The third-order valence-electron chi connectivity index (χ3n) is 17.8. The van der Waals surface area contributed by atoms with Crippen LogP contribution in [0.25, 0.3) is 43.1 Å². The van der Waals surface area contributed by atoms with Crippen molar-refractivity contribution in [2.45, 2.75) is 61.7 Å². The largest absolute Gasteiger partial charge is 0.457 e. The molecule has 0 aromatic heterocycles. The molecule has 100 heavy (non-hydrogen) atoms. The van der Waals surface area contributed by atoms with Gasteiger partial charge in [0.05, 0.1) is 132 Å². The van der Waals surface area contributed by atoms with Crippen LogP contribution in [0.5, 0.6) is 46.0 Å². The zero-order chi connectivity index (χ0) is 69.8. The van der Waals surface area contributed by atoms with E-state index in [1.807, 2.05) is 24.3 Å². The van der Waals surface area contributed by atoms with Gasteiger partial charge in [0.1, 0.15) is 58.1 Å². The first-order valence-electron chi connectivity index (χ1n) is 31.1. The fraction of sp³-hybridized carbons (Fsp3) is 0.250. The van der Waals surface area contributed by atoms with Gasteiger partial charge in [0.2, 0.25) is 11.8 Å². The molecule has 0 saturated carbocycles. The number of benzene rings is 9. The van der Waals surface area contributed by atoms with Crippen molar-refractivity contribution >= 4 is 78.5 Å². The smallest absolute Gasteiger partial charge is 0.391 e. The lowest BCUT2D eigenvalue weighted by Crippen LogP contribution is -2.57. The average Bonchev–Trinajstić information content (AvgIpc) is 1.54. The zero-order valence-electron chi connectivity index (χ0n) is 51.6. The first-order valence-corrected chi connectivity index (χ1v) is 31.1. The summed E-state index contributed by atoms with van der Waals surface area (Å²) < 4.78 is 141. The van der Waals surface area contributed by atoms with Gasteiger partial charge in [-0.25, -0.2) is 0 Å². The van der Waals surface area contributed by atoms with Crippen LogP contribution in [0, 0.1) is 45.3 Å². The molecule has 6 heterocycles. The molecule has 15 rings (SSSR count). The number of rotatable bonds is 22. The van der Waals surface area contributed by atoms with Crippen molar-refractivity contribution in [1.29, 1.82) is 21.0 Å². The fourth-order valence-electron chi connectivity index (χ4n) is 13.0.